The summed E-state index contributed by atoms with van der Waals surface area (Å²) in [5, 5.41) is 12.3. The Morgan fingerprint density at radius 1 is 0.730 bits per heavy atom. The third-order valence-corrected chi connectivity index (χ3v) is 12.3. The number of carbonyl (C=O) groups excluding carboxylic acids is 3. The molecule has 338 valence electrons. The number of imide groups is 1. The zero-order valence-corrected chi connectivity index (χ0v) is 37.6. The molecule has 10 heteroatoms. The van der Waals surface area contributed by atoms with Gasteiger partial charge in [0.15, 0.2) is 6.29 Å². The number of amides is 3. The van der Waals surface area contributed by atoms with Gasteiger partial charge in [-0.1, -0.05) is 181 Å². The first kappa shape index (κ1) is 47.6. The number of ether oxygens (including phenoxy) is 3. The third-order valence-electron chi connectivity index (χ3n) is 12.3. The third kappa shape index (κ3) is 14.6. The maximum absolute atomic E-state index is 13.4. The van der Waals surface area contributed by atoms with Crippen LogP contribution in [0.3, 0.4) is 0 Å². The van der Waals surface area contributed by atoms with Crippen LogP contribution in [-0.4, -0.2) is 64.6 Å². The van der Waals surface area contributed by atoms with E-state index in [1.807, 2.05) is 91.0 Å². The lowest BCUT2D eigenvalue weighted by atomic mass is 9.97. The molecule has 2 N–H and O–H groups in total. The van der Waals surface area contributed by atoms with Crippen molar-refractivity contribution < 1.29 is 33.7 Å². The van der Waals surface area contributed by atoms with Gasteiger partial charge in [0, 0.05) is 18.5 Å². The molecule has 0 aliphatic carbocycles. The second-order valence-corrected chi connectivity index (χ2v) is 17.2. The molecule has 63 heavy (non-hydrogen) atoms. The van der Waals surface area contributed by atoms with Crippen LogP contribution >= 0.6 is 0 Å². The van der Waals surface area contributed by atoms with Crippen LogP contribution in [0.1, 0.15) is 144 Å². The first-order valence-electron chi connectivity index (χ1n) is 23.6. The number of benzene rings is 4. The fraction of sp³-hybridized carbons (Fsp3) is 0.491. The van der Waals surface area contributed by atoms with E-state index in [0.29, 0.717) is 0 Å². The highest BCUT2D eigenvalue weighted by molar-refractivity contribution is 6.06. The largest absolute Gasteiger partial charge is 0.445 e. The van der Waals surface area contributed by atoms with E-state index in [0.717, 1.165) is 65.0 Å². The van der Waals surface area contributed by atoms with Gasteiger partial charge in [0.25, 0.3) is 5.91 Å². The fourth-order valence-electron chi connectivity index (χ4n) is 8.65. The second-order valence-electron chi connectivity index (χ2n) is 17.2. The van der Waals surface area contributed by atoms with Gasteiger partial charge in [0.05, 0.1) is 31.8 Å². The number of aliphatic hydroxyl groups is 1. The molecule has 4 aromatic carbocycles. The van der Waals surface area contributed by atoms with Crippen LogP contribution in [0.15, 0.2) is 103 Å². The lowest BCUT2D eigenvalue weighted by molar-refractivity contribution is -0.253. The van der Waals surface area contributed by atoms with Gasteiger partial charge in [-0.2, -0.15) is 0 Å². The second kappa shape index (κ2) is 25.4. The van der Waals surface area contributed by atoms with Crippen LogP contribution in [-0.2, 0) is 43.6 Å². The summed E-state index contributed by atoms with van der Waals surface area (Å²) < 4.78 is 18.9. The number of hydrogen-bond donors (Lipinski definition) is 2. The van der Waals surface area contributed by atoms with Crippen molar-refractivity contribution in [1.29, 1.82) is 0 Å². The molecule has 10 nitrogen and oxygen atoms in total. The number of rotatable bonds is 25. The van der Waals surface area contributed by atoms with Crippen LogP contribution < -0.4 is 5.32 Å². The van der Waals surface area contributed by atoms with Crippen molar-refractivity contribution in [3.05, 3.63) is 131 Å². The zero-order chi connectivity index (χ0) is 44.2. The molecule has 2 fully saturated rings. The fourth-order valence-corrected chi connectivity index (χ4v) is 8.65. The van der Waals surface area contributed by atoms with Gasteiger partial charge in [0.2, 0.25) is 5.91 Å². The Morgan fingerprint density at radius 3 is 2.02 bits per heavy atom. The molecule has 6 rings (SSSR count). The maximum atomic E-state index is 13.4. The minimum absolute atomic E-state index is 0.00409. The molecule has 2 saturated heterocycles. The highest BCUT2D eigenvalue weighted by Crippen LogP contribution is 2.39. The van der Waals surface area contributed by atoms with E-state index < -0.39 is 24.3 Å². The summed E-state index contributed by atoms with van der Waals surface area (Å²) in [4.78, 5) is 43.0. The molecular formula is C53H69N3O7. The molecule has 0 aromatic heterocycles. The number of likely N-dealkylation sites (tertiary alicyclic amines) is 1. The molecule has 2 aliphatic rings. The zero-order valence-electron chi connectivity index (χ0n) is 37.6. The smallest absolute Gasteiger partial charge is 0.408 e. The SMILES string of the molecule is CCCCCCCCN(CCCCCCCC)C[C@H]1C[C@@H](c2ccc(CO)cc2)O[C@@H](c2ccc(-c3ccccc3CN3C(=O)CC(NC(=O)OCc4ccccc4)C3=O)cc2)O1. The molecule has 2 heterocycles. The highest BCUT2D eigenvalue weighted by Gasteiger charge is 2.40. The first-order valence-corrected chi connectivity index (χ1v) is 23.6. The number of nitrogens with one attached hydrogen (secondary N) is 1. The van der Waals surface area contributed by atoms with E-state index in [4.69, 9.17) is 14.2 Å². The molecule has 0 saturated carbocycles. The van der Waals surface area contributed by atoms with Crippen LogP contribution in [0.5, 0.6) is 0 Å². The Bertz CT molecular complexity index is 1970. The average molecular weight is 860 g/mol. The molecule has 4 aromatic rings. The van der Waals surface area contributed by atoms with Crippen LogP contribution in [0.4, 0.5) is 4.79 Å². The Hall–Kier alpha value is -4.87. The van der Waals surface area contributed by atoms with E-state index in [1.54, 1.807) is 0 Å². The van der Waals surface area contributed by atoms with Gasteiger partial charge in [-0.25, -0.2) is 4.79 Å². The highest BCUT2D eigenvalue weighted by atomic mass is 16.7. The van der Waals surface area contributed by atoms with Gasteiger partial charge >= 0.3 is 6.09 Å². The Kier molecular flexibility index (Phi) is 19.2. The normalized spacial score (nSPS) is 18.9. The van der Waals surface area contributed by atoms with Crippen molar-refractivity contribution in [2.24, 2.45) is 0 Å². The van der Waals surface area contributed by atoms with Crippen LogP contribution in [0.2, 0.25) is 0 Å². The van der Waals surface area contributed by atoms with Crippen LogP contribution in [0, 0.1) is 0 Å². The predicted octanol–water partition coefficient (Wildman–Crippen LogP) is 11.0. The number of aliphatic hydroxyl groups excluding tert-OH is 1. The summed E-state index contributed by atoms with van der Waals surface area (Å²) >= 11 is 0. The Morgan fingerprint density at radius 2 is 1.35 bits per heavy atom. The molecule has 0 radical (unpaired) electrons. The van der Waals surface area contributed by atoms with Gasteiger partial charge in [-0.3, -0.25) is 14.5 Å². The van der Waals surface area contributed by atoms with Crippen molar-refractivity contribution >= 4 is 17.9 Å². The Labute approximate surface area is 375 Å². The Balaban J connectivity index is 1.13. The minimum atomic E-state index is -0.985. The van der Waals surface area contributed by atoms with Crippen molar-refractivity contribution in [3.8, 4) is 11.1 Å². The van der Waals surface area contributed by atoms with E-state index in [-0.39, 0.29) is 44.3 Å². The molecule has 3 amide bonds. The molecule has 0 spiro atoms. The summed E-state index contributed by atoms with van der Waals surface area (Å²) in [6, 6.07) is 32.3. The molecule has 0 bridgehead atoms. The first-order chi connectivity index (χ1) is 30.8. The quantitative estimate of drug-likeness (QED) is 0.0500. The number of hydrogen-bond acceptors (Lipinski definition) is 8. The maximum Gasteiger partial charge on any atom is 0.408 e. The average Bonchev–Trinajstić information content (AvgIpc) is 3.57. The van der Waals surface area contributed by atoms with E-state index in [9.17, 15) is 19.5 Å². The van der Waals surface area contributed by atoms with E-state index in [1.165, 1.54) is 81.9 Å². The van der Waals surface area contributed by atoms with Gasteiger partial charge in [0.1, 0.15) is 12.6 Å². The minimum Gasteiger partial charge on any atom is -0.445 e. The monoisotopic (exact) mass is 860 g/mol. The predicted molar refractivity (Wildman–Crippen MR) is 247 cm³/mol. The summed E-state index contributed by atoms with van der Waals surface area (Å²) in [5.41, 5.74) is 6.31. The lowest BCUT2D eigenvalue weighted by Gasteiger charge is -2.38. The van der Waals surface area contributed by atoms with E-state index >= 15 is 0 Å². The van der Waals surface area contributed by atoms with Crippen molar-refractivity contribution in [1.82, 2.24) is 15.1 Å². The summed E-state index contributed by atoms with van der Waals surface area (Å²) in [6.45, 7) is 7.66. The number of nitrogens with zero attached hydrogens (tertiary/aromatic N) is 2. The van der Waals surface area contributed by atoms with Crippen molar-refractivity contribution in [2.45, 2.75) is 148 Å². The lowest BCUT2D eigenvalue weighted by Crippen LogP contribution is -2.41. The summed E-state index contributed by atoms with van der Waals surface area (Å²) in [7, 11) is 0. The summed E-state index contributed by atoms with van der Waals surface area (Å²) in [5.74, 6) is -0.807. The standard InChI is InChI=1S/C53H69N3O7/c1-3-5-7-9-11-18-32-55(33-19-12-10-8-6-4-2)37-46-34-49(43-26-24-40(38-57)25-27-43)63-52(62-46)44-30-28-42(29-31-44)47-23-17-16-22-45(47)36-56-50(58)35-48(51(56)59)54-53(60)61-39-41-20-14-13-15-21-41/h13-17,20-31,46,48-49,52,57H,3-12,18-19,32-39H2,1-2H3,(H,54,60)/t46-,48?,49+,52+/m1/s1. The number of carbonyl (C=O) groups is 3. The van der Waals surface area contributed by atoms with Crippen molar-refractivity contribution in [2.75, 3.05) is 19.6 Å². The molecular weight excluding hydrogens is 791 g/mol. The van der Waals surface area contributed by atoms with Crippen LogP contribution in [0.25, 0.3) is 11.1 Å². The van der Waals surface area contributed by atoms with Gasteiger partial charge in [-0.05, 0) is 59.3 Å². The molecule has 1 unspecified atom stereocenters. The summed E-state index contributed by atoms with van der Waals surface area (Å²) in [6.07, 6.45) is 14.3. The van der Waals surface area contributed by atoms with Gasteiger partial charge in [-0.15, -0.1) is 0 Å². The topological polar surface area (TPSA) is 118 Å². The van der Waals surface area contributed by atoms with E-state index in [2.05, 4.69) is 36.2 Å². The molecule has 4 atom stereocenters. The molecule has 2 aliphatic heterocycles. The van der Waals surface area contributed by atoms with Crippen molar-refractivity contribution in [3.63, 3.8) is 0 Å². The number of unbranched alkanes of at least 4 members (excludes halogenated alkanes) is 10. The van der Waals surface area contributed by atoms with Gasteiger partial charge < -0.3 is 29.5 Å². The number of alkyl carbamates (subject to hydrolysis) is 1.